The maximum absolute atomic E-state index is 3.49. The Morgan fingerprint density at radius 2 is 1.93 bits per heavy atom. The molecule has 15 heavy (non-hydrogen) atoms. The molecule has 0 bridgehead atoms. The van der Waals surface area contributed by atoms with E-state index in [4.69, 9.17) is 0 Å². The second-order valence-corrected chi connectivity index (χ2v) is 4.81. The average Bonchev–Trinajstić information content (AvgIpc) is 2.72. The monoisotopic (exact) mass is 212 g/mol. The molecule has 0 aromatic rings. The van der Waals surface area contributed by atoms with Gasteiger partial charge in [0.15, 0.2) is 0 Å². The fourth-order valence-corrected chi connectivity index (χ4v) is 2.68. The minimum atomic E-state index is 0.672. The summed E-state index contributed by atoms with van der Waals surface area (Å²) in [5.41, 5.74) is 0. The number of hydrogen-bond donors (Lipinski definition) is 1. The topological polar surface area (TPSA) is 15.3 Å². The van der Waals surface area contributed by atoms with Crippen LogP contribution in [0.2, 0.25) is 0 Å². The molecule has 0 saturated heterocycles. The molecule has 0 amide bonds. The number of nitrogens with zero attached hydrogens (tertiary/aromatic N) is 1. The molecular formula is C13H28N2. The highest BCUT2D eigenvalue weighted by atomic mass is 15.2. The molecule has 0 aliphatic heterocycles. The van der Waals surface area contributed by atoms with Crippen molar-refractivity contribution in [1.82, 2.24) is 10.2 Å². The van der Waals surface area contributed by atoms with Crippen LogP contribution in [0.3, 0.4) is 0 Å². The van der Waals surface area contributed by atoms with E-state index in [0.717, 1.165) is 12.6 Å². The van der Waals surface area contributed by atoms with Crippen LogP contribution < -0.4 is 5.32 Å². The largest absolute Gasteiger partial charge is 0.314 e. The first-order valence-corrected chi connectivity index (χ1v) is 6.75. The van der Waals surface area contributed by atoms with Crippen LogP contribution in [-0.4, -0.2) is 36.6 Å². The van der Waals surface area contributed by atoms with Gasteiger partial charge in [0, 0.05) is 12.1 Å². The molecule has 1 saturated carbocycles. The zero-order valence-corrected chi connectivity index (χ0v) is 10.8. The van der Waals surface area contributed by atoms with E-state index < -0.39 is 0 Å². The van der Waals surface area contributed by atoms with E-state index in [9.17, 15) is 0 Å². The van der Waals surface area contributed by atoms with Gasteiger partial charge in [-0.05, 0) is 45.8 Å². The van der Waals surface area contributed by atoms with Crippen molar-refractivity contribution in [2.45, 2.75) is 65.0 Å². The molecule has 2 heteroatoms. The summed E-state index contributed by atoms with van der Waals surface area (Å²) >= 11 is 0. The van der Waals surface area contributed by atoms with Crippen LogP contribution in [0.15, 0.2) is 0 Å². The highest BCUT2D eigenvalue weighted by Crippen LogP contribution is 2.23. The first kappa shape index (κ1) is 13.0. The van der Waals surface area contributed by atoms with Crippen LogP contribution in [0.1, 0.15) is 52.9 Å². The minimum Gasteiger partial charge on any atom is -0.314 e. The molecule has 1 N–H and O–H groups in total. The van der Waals surface area contributed by atoms with Crippen LogP contribution in [0.4, 0.5) is 0 Å². The van der Waals surface area contributed by atoms with Gasteiger partial charge in [-0.15, -0.1) is 0 Å². The molecule has 1 rings (SSSR count). The lowest BCUT2D eigenvalue weighted by Crippen LogP contribution is -2.37. The predicted octanol–water partition coefficient (Wildman–Crippen LogP) is 2.64. The normalized spacial score (nSPS) is 20.0. The van der Waals surface area contributed by atoms with Gasteiger partial charge in [0.05, 0.1) is 0 Å². The fraction of sp³-hybridized carbons (Fsp3) is 1.00. The van der Waals surface area contributed by atoms with E-state index in [0.29, 0.717) is 6.04 Å². The molecule has 90 valence electrons. The van der Waals surface area contributed by atoms with E-state index in [1.54, 1.807) is 0 Å². The number of hydrogen-bond acceptors (Lipinski definition) is 2. The van der Waals surface area contributed by atoms with Gasteiger partial charge in [0.25, 0.3) is 0 Å². The third kappa shape index (κ3) is 4.52. The van der Waals surface area contributed by atoms with Crippen molar-refractivity contribution in [3.63, 3.8) is 0 Å². The van der Waals surface area contributed by atoms with E-state index in [2.05, 4.69) is 31.0 Å². The molecule has 1 atom stereocenters. The molecular weight excluding hydrogens is 184 g/mol. The lowest BCUT2D eigenvalue weighted by atomic mass is 10.1. The first-order valence-electron chi connectivity index (χ1n) is 6.75. The zero-order valence-electron chi connectivity index (χ0n) is 10.8. The van der Waals surface area contributed by atoms with Crippen molar-refractivity contribution >= 4 is 0 Å². The molecule has 1 aliphatic rings. The smallest absolute Gasteiger partial charge is 0.00951 e. The summed E-state index contributed by atoms with van der Waals surface area (Å²) < 4.78 is 0. The van der Waals surface area contributed by atoms with Crippen molar-refractivity contribution in [2.24, 2.45) is 0 Å². The van der Waals surface area contributed by atoms with E-state index in [1.807, 2.05) is 0 Å². The Bertz CT molecular complexity index is 153. The number of nitrogens with one attached hydrogen (secondary N) is 1. The van der Waals surface area contributed by atoms with Crippen molar-refractivity contribution in [2.75, 3.05) is 19.6 Å². The standard InChI is InChI=1S/C13H28N2/c1-4-14-12(3)10-11-15(5-2)13-8-6-7-9-13/h12-14H,4-11H2,1-3H3. The summed E-state index contributed by atoms with van der Waals surface area (Å²) in [5, 5.41) is 3.49. The third-order valence-electron chi connectivity index (χ3n) is 3.65. The Kier molecular flexibility index (Phi) is 6.26. The second-order valence-electron chi connectivity index (χ2n) is 4.81. The summed E-state index contributed by atoms with van der Waals surface area (Å²) in [6.07, 6.45) is 7.05. The van der Waals surface area contributed by atoms with Gasteiger partial charge in [0.1, 0.15) is 0 Å². The Hall–Kier alpha value is -0.0800. The molecule has 0 heterocycles. The van der Waals surface area contributed by atoms with Crippen LogP contribution >= 0.6 is 0 Å². The Labute approximate surface area is 95.4 Å². The third-order valence-corrected chi connectivity index (χ3v) is 3.65. The van der Waals surface area contributed by atoms with Crippen molar-refractivity contribution in [1.29, 1.82) is 0 Å². The zero-order chi connectivity index (χ0) is 11.1. The summed E-state index contributed by atoms with van der Waals surface area (Å²) in [4.78, 5) is 2.68. The number of rotatable bonds is 7. The van der Waals surface area contributed by atoms with Crippen LogP contribution in [-0.2, 0) is 0 Å². The Morgan fingerprint density at radius 3 is 2.47 bits per heavy atom. The predicted molar refractivity (Wildman–Crippen MR) is 67.3 cm³/mol. The maximum atomic E-state index is 3.49. The van der Waals surface area contributed by atoms with Crippen LogP contribution in [0, 0.1) is 0 Å². The highest BCUT2D eigenvalue weighted by molar-refractivity contribution is 4.77. The van der Waals surface area contributed by atoms with Gasteiger partial charge in [-0.2, -0.15) is 0 Å². The van der Waals surface area contributed by atoms with Crippen LogP contribution in [0.5, 0.6) is 0 Å². The van der Waals surface area contributed by atoms with Crippen molar-refractivity contribution in [3.8, 4) is 0 Å². The average molecular weight is 212 g/mol. The highest BCUT2D eigenvalue weighted by Gasteiger charge is 2.21. The fourth-order valence-electron chi connectivity index (χ4n) is 2.68. The van der Waals surface area contributed by atoms with Gasteiger partial charge in [-0.1, -0.05) is 26.7 Å². The quantitative estimate of drug-likeness (QED) is 0.698. The SMILES string of the molecule is CCNC(C)CCN(CC)C1CCCC1. The summed E-state index contributed by atoms with van der Waals surface area (Å²) in [7, 11) is 0. The lowest BCUT2D eigenvalue weighted by molar-refractivity contribution is 0.199. The molecule has 1 fully saturated rings. The van der Waals surface area contributed by atoms with E-state index >= 15 is 0 Å². The molecule has 0 spiro atoms. The van der Waals surface area contributed by atoms with Gasteiger partial charge >= 0.3 is 0 Å². The van der Waals surface area contributed by atoms with Crippen LogP contribution in [0.25, 0.3) is 0 Å². The molecule has 0 aromatic heterocycles. The van der Waals surface area contributed by atoms with Gasteiger partial charge in [-0.3, -0.25) is 0 Å². The molecule has 1 aliphatic carbocycles. The minimum absolute atomic E-state index is 0.672. The van der Waals surface area contributed by atoms with Gasteiger partial charge in [-0.25, -0.2) is 0 Å². The van der Waals surface area contributed by atoms with Gasteiger partial charge < -0.3 is 10.2 Å². The van der Waals surface area contributed by atoms with Crippen molar-refractivity contribution in [3.05, 3.63) is 0 Å². The van der Waals surface area contributed by atoms with E-state index in [1.165, 1.54) is 45.2 Å². The Morgan fingerprint density at radius 1 is 1.27 bits per heavy atom. The maximum Gasteiger partial charge on any atom is 0.00951 e. The summed E-state index contributed by atoms with van der Waals surface area (Å²) in [6, 6.07) is 1.56. The molecule has 2 nitrogen and oxygen atoms in total. The lowest BCUT2D eigenvalue weighted by Gasteiger charge is -2.28. The first-order chi connectivity index (χ1) is 7.27. The van der Waals surface area contributed by atoms with Gasteiger partial charge in [0.2, 0.25) is 0 Å². The summed E-state index contributed by atoms with van der Waals surface area (Å²) in [6.45, 7) is 10.4. The Balaban J connectivity index is 2.20. The molecule has 0 aromatic carbocycles. The second kappa shape index (κ2) is 7.24. The molecule has 1 unspecified atom stereocenters. The van der Waals surface area contributed by atoms with Crippen molar-refractivity contribution < 1.29 is 0 Å². The van der Waals surface area contributed by atoms with E-state index in [-0.39, 0.29) is 0 Å². The molecule has 0 radical (unpaired) electrons. The summed E-state index contributed by atoms with van der Waals surface area (Å²) in [5.74, 6) is 0.